The van der Waals surface area contributed by atoms with Gasteiger partial charge in [0, 0.05) is 24.2 Å². The normalized spacial score (nSPS) is 21.2. The molecule has 1 aromatic carbocycles. The maximum Gasteiger partial charge on any atom is 0.224 e. The molecule has 1 amide bonds. The lowest BCUT2D eigenvalue weighted by Crippen LogP contribution is -2.48. The maximum atomic E-state index is 11.8. The number of nitrogens with zero attached hydrogens (tertiary/aromatic N) is 2. The number of piperidine rings is 1. The number of carbonyl (C=O) groups is 1. The first kappa shape index (κ1) is 17.5. The van der Waals surface area contributed by atoms with Crippen LogP contribution in [0.4, 0.5) is 0 Å². The van der Waals surface area contributed by atoms with E-state index in [2.05, 4.69) is 15.1 Å². The number of amides is 1. The molecule has 0 spiro atoms. The van der Waals surface area contributed by atoms with Crippen LogP contribution in [0.2, 0.25) is 0 Å². The maximum absolute atomic E-state index is 11.8. The van der Waals surface area contributed by atoms with E-state index in [0.717, 1.165) is 48.5 Å². The van der Waals surface area contributed by atoms with E-state index in [0.29, 0.717) is 13.2 Å². The number of H-pyrrole nitrogens is 1. The van der Waals surface area contributed by atoms with Crippen LogP contribution in [0, 0.1) is 5.41 Å². The summed E-state index contributed by atoms with van der Waals surface area (Å²) in [5.41, 5.74) is 8.36. The summed E-state index contributed by atoms with van der Waals surface area (Å²) in [4.78, 5) is 14.1. The summed E-state index contributed by atoms with van der Waals surface area (Å²) in [6.07, 6.45) is 3.70. The molecular formula is C19H26N4O2. The highest BCUT2D eigenvalue weighted by Crippen LogP contribution is 2.31. The third-order valence-corrected chi connectivity index (χ3v) is 4.94. The van der Waals surface area contributed by atoms with Gasteiger partial charge in [-0.15, -0.1) is 0 Å². The Morgan fingerprint density at radius 3 is 2.84 bits per heavy atom. The number of primary amides is 1. The van der Waals surface area contributed by atoms with Crippen LogP contribution in [-0.4, -0.2) is 40.7 Å². The molecule has 1 aliphatic heterocycles. The van der Waals surface area contributed by atoms with Crippen molar-refractivity contribution in [2.45, 2.75) is 33.2 Å². The van der Waals surface area contributed by atoms with E-state index >= 15 is 0 Å². The van der Waals surface area contributed by atoms with E-state index in [4.69, 9.17) is 10.5 Å². The van der Waals surface area contributed by atoms with Gasteiger partial charge in [0.15, 0.2) is 0 Å². The molecule has 6 heteroatoms. The fourth-order valence-corrected chi connectivity index (χ4v) is 3.49. The third-order valence-electron chi connectivity index (χ3n) is 4.94. The Bertz CT molecular complexity index is 725. The zero-order chi connectivity index (χ0) is 17.9. The molecule has 25 heavy (non-hydrogen) atoms. The number of hydrogen-bond donors (Lipinski definition) is 2. The number of hydrogen-bond acceptors (Lipinski definition) is 4. The predicted octanol–water partition coefficient (Wildman–Crippen LogP) is 2.56. The number of aromatic amines is 1. The molecule has 1 saturated heterocycles. The molecule has 6 nitrogen and oxygen atoms in total. The van der Waals surface area contributed by atoms with Gasteiger partial charge in [0.05, 0.1) is 23.9 Å². The second-order valence-corrected chi connectivity index (χ2v) is 6.97. The van der Waals surface area contributed by atoms with Crippen LogP contribution in [0.15, 0.2) is 30.5 Å². The summed E-state index contributed by atoms with van der Waals surface area (Å²) in [6.45, 7) is 7.00. The second kappa shape index (κ2) is 7.27. The van der Waals surface area contributed by atoms with Gasteiger partial charge < -0.3 is 10.5 Å². The largest absolute Gasteiger partial charge is 0.494 e. The van der Waals surface area contributed by atoms with E-state index < -0.39 is 5.41 Å². The molecular weight excluding hydrogens is 316 g/mol. The number of rotatable bonds is 6. The quantitative estimate of drug-likeness (QED) is 0.845. The first-order valence-electron chi connectivity index (χ1n) is 8.79. The van der Waals surface area contributed by atoms with Gasteiger partial charge in [0.25, 0.3) is 0 Å². The molecule has 1 aromatic heterocycles. The van der Waals surface area contributed by atoms with Gasteiger partial charge in [-0.25, -0.2) is 0 Å². The highest BCUT2D eigenvalue weighted by Gasteiger charge is 2.36. The van der Waals surface area contributed by atoms with Crippen LogP contribution in [0.25, 0.3) is 11.3 Å². The topological polar surface area (TPSA) is 84.2 Å². The first-order chi connectivity index (χ1) is 12.0. The summed E-state index contributed by atoms with van der Waals surface area (Å²) in [5.74, 6) is 0.650. The molecule has 3 N–H and O–H groups in total. The number of ether oxygens (including phenoxy) is 1. The van der Waals surface area contributed by atoms with Crippen LogP contribution >= 0.6 is 0 Å². The molecule has 1 aliphatic rings. The summed E-state index contributed by atoms with van der Waals surface area (Å²) >= 11 is 0. The summed E-state index contributed by atoms with van der Waals surface area (Å²) in [6, 6.07) is 8.00. The molecule has 3 rings (SSSR count). The van der Waals surface area contributed by atoms with Crippen molar-refractivity contribution in [1.29, 1.82) is 0 Å². The van der Waals surface area contributed by atoms with Crippen molar-refractivity contribution < 1.29 is 9.53 Å². The van der Waals surface area contributed by atoms with Gasteiger partial charge in [-0.3, -0.25) is 14.8 Å². The van der Waals surface area contributed by atoms with Gasteiger partial charge in [0.2, 0.25) is 5.91 Å². The van der Waals surface area contributed by atoms with Crippen LogP contribution in [0.5, 0.6) is 5.75 Å². The van der Waals surface area contributed by atoms with Crippen LogP contribution in [0.3, 0.4) is 0 Å². The minimum Gasteiger partial charge on any atom is -0.494 e. The Labute approximate surface area is 148 Å². The van der Waals surface area contributed by atoms with Gasteiger partial charge in [-0.1, -0.05) is 0 Å². The van der Waals surface area contributed by atoms with E-state index in [9.17, 15) is 4.79 Å². The minimum absolute atomic E-state index is 0.212. The molecule has 1 fully saturated rings. The average molecular weight is 342 g/mol. The zero-order valence-electron chi connectivity index (χ0n) is 14.9. The molecule has 1 unspecified atom stereocenters. The molecule has 0 aliphatic carbocycles. The van der Waals surface area contributed by atoms with Gasteiger partial charge >= 0.3 is 0 Å². The Morgan fingerprint density at radius 1 is 1.40 bits per heavy atom. The van der Waals surface area contributed by atoms with Crippen LogP contribution in [-0.2, 0) is 11.3 Å². The van der Waals surface area contributed by atoms with Crippen molar-refractivity contribution >= 4 is 5.91 Å². The van der Waals surface area contributed by atoms with E-state index in [1.807, 2.05) is 44.3 Å². The Morgan fingerprint density at radius 2 is 2.16 bits per heavy atom. The second-order valence-electron chi connectivity index (χ2n) is 6.97. The number of nitrogens with two attached hydrogens (primary N) is 1. The summed E-state index contributed by atoms with van der Waals surface area (Å²) < 4.78 is 5.50. The van der Waals surface area contributed by atoms with Gasteiger partial charge in [0.1, 0.15) is 5.75 Å². The molecule has 1 atom stereocenters. The SMILES string of the molecule is CCOc1ccc(-c2[nH]ncc2CN2CCCC(C)(C(N)=O)C2)cc1. The van der Waals surface area contributed by atoms with Crippen molar-refractivity contribution in [1.82, 2.24) is 15.1 Å². The van der Waals surface area contributed by atoms with E-state index in [1.54, 1.807) is 0 Å². The van der Waals surface area contributed by atoms with Crippen molar-refractivity contribution in [3.63, 3.8) is 0 Å². The number of benzene rings is 1. The lowest BCUT2D eigenvalue weighted by Gasteiger charge is -2.38. The molecule has 2 aromatic rings. The molecule has 0 radical (unpaired) electrons. The molecule has 0 bridgehead atoms. The van der Waals surface area contributed by atoms with E-state index in [-0.39, 0.29) is 5.91 Å². The van der Waals surface area contributed by atoms with Gasteiger partial charge in [-0.2, -0.15) is 5.10 Å². The highest BCUT2D eigenvalue weighted by molar-refractivity contribution is 5.80. The highest BCUT2D eigenvalue weighted by atomic mass is 16.5. The lowest BCUT2D eigenvalue weighted by molar-refractivity contribution is -0.129. The van der Waals surface area contributed by atoms with Crippen molar-refractivity contribution in [2.24, 2.45) is 11.1 Å². The van der Waals surface area contributed by atoms with Crippen molar-refractivity contribution in [3.05, 3.63) is 36.0 Å². The standard InChI is InChI=1S/C19H26N4O2/c1-3-25-16-7-5-14(6-8-16)17-15(11-21-22-17)12-23-10-4-9-19(2,13-23)18(20)24/h5-8,11H,3-4,9-10,12-13H2,1-2H3,(H2,20,24)(H,21,22). The number of carbonyl (C=O) groups excluding carboxylic acids is 1. The fourth-order valence-electron chi connectivity index (χ4n) is 3.49. The van der Waals surface area contributed by atoms with Crippen molar-refractivity contribution in [2.75, 3.05) is 19.7 Å². The fraction of sp³-hybridized carbons (Fsp3) is 0.474. The Balaban J connectivity index is 1.74. The molecule has 2 heterocycles. The molecule has 134 valence electrons. The number of aromatic nitrogens is 2. The van der Waals surface area contributed by atoms with Gasteiger partial charge in [-0.05, 0) is 57.5 Å². The third kappa shape index (κ3) is 3.85. The van der Waals surface area contributed by atoms with Crippen LogP contribution in [0.1, 0.15) is 32.3 Å². The monoisotopic (exact) mass is 342 g/mol. The smallest absolute Gasteiger partial charge is 0.224 e. The predicted molar refractivity (Wildman–Crippen MR) is 97.0 cm³/mol. The average Bonchev–Trinajstić information content (AvgIpc) is 3.04. The minimum atomic E-state index is -0.443. The number of nitrogens with one attached hydrogen (secondary N) is 1. The summed E-state index contributed by atoms with van der Waals surface area (Å²) in [5, 5.41) is 7.32. The van der Waals surface area contributed by atoms with Crippen LogP contribution < -0.4 is 10.5 Å². The Hall–Kier alpha value is -2.34. The first-order valence-corrected chi connectivity index (χ1v) is 8.79. The van der Waals surface area contributed by atoms with E-state index in [1.165, 1.54) is 0 Å². The zero-order valence-corrected chi connectivity index (χ0v) is 14.9. The number of likely N-dealkylation sites (tertiary alicyclic amines) is 1. The Kier molecular flexibility index (Phi) is 5.08. The summed E-state index contributed by atoms with van der Waals surface area (Å²) in [7, 11) is 0. The van der Waals surface area contributed by atoms with Crippen molar-refractivity contribution in [3.8, 4) is 17.0 Å². The lowest BCUT2D eigenvalue weighted by atomic mass is 9.81. The molecule has 0 saturated carbocycles.